The first-order valence-electron chi connectivity index (χ1n) is 8.48. The quantitative estimate of drug-likeness (QED) is 0.678. The maximum atomic E-state index is 12.1. The van der Waals surface area contributed by atoms with E-state index in [2.05, 4.69) is 5.32 Å². The van der Waals surface area contributed by atoms with Crippen molar-refractivity contribution in [2.24, 2.45) is 0 Å². The lowest BCUT2D eigenvalue weighted by molar-refractivity contribution is -0.155. The zero-order chi connectivity index (χ0) is 20.5. The normalized spacial score (nSPS) is 11.1. The van der Waals surface area contributed by atoms with E-state index in [0.717, 1.165) is 0 Å². The third kappa shape index (κ3) is 6.18. The molecule has 0 heterocycles. The Balaban J connectivity index is 1.81. The van der Waals surface area contributed by atoms with Gasteiger partial charge in [0, 0.05) is 5.69 Å². The van der Waals surface area contributed by atoms with Crippen LogP contribution in [0.4, 0.5) is 5.69 Å². The highest BCUT2D eigenvalue weighted by molar-refractivity contribution is 6.32. The molecule has 1 amide bonds. The van der Waals surface area contributed by atoms with Crippen molar-refractivity contribution in [2.75, 3.05) is 18.5 Å². The molecule has 1 N–H and O–H groups in total. The summed E-state index contributed by atoms with van der Waals surface area (Å²) in [6, 6.07) is 13.2. The number of nitrogens with one attached hydrogen (secondary N) is 1. The van der Waals surface area contributed by atoms with Crippen molar-refractivity contribution in [1.82, 2.24) is 0 Å². The first kappa shape index (κ1) is 21.1. The highest BCUT2D eigenvalue weighted by Gasteiger charge is 2.18. The van der Waals surface area contributed by atoms with Gasteiger partial charge in [-0.25, -0.2) is 4.79 Å². The molecule has 0 aromatic heterocycles. The fraction of sp³-hybridized carbons (Fsp3) is 0.250. The average molecular weight is 403 g/mol. The summed E-state index contributed by atoms with van der Waals surface area (Å²) in [5.74, 6) is -0.0417. The molecule has 146 valence electrons. The number of ether oxygens (including phenoxy) is 3. The van der Waals surface area contributed by atoms with Crippen molar-refractivity contribution in [3.05, 3.63) is 53.1 Å². The SMILES string of the molecule is CCOc1ccc(OCC(=O)O[C@H](C)C(=O)Nc2ccc(C#N)c(Cl)c2)cc1. The zero-order valence-electron chi connectivity index (χ0n) is 15.4. The predicted octanol–water partition coefficient (Wildman–Crippen LogP) is 3.56. The summed E-state index contributed by atoms with van der Waals surface area (Å²) in [6.07, 6.45) is -1.04. The zero-order valence-corrected chi connectivity index (χ0v) is 16.2. The van der Waals surface area contributed by atoms with E-state index in [1.807, 2.05) is 13.0 Å². The Morgan fingerprint density at radius 2 is 1.79 bits per heavy atom. The second-order valence-electron chi connectivity index (χ2n) is 5.62. The van der Waals surface area contributed by atoms with E-state index in [1.165, 1.54) is 25.1 Å². The highest BCUT2D eigenvalue weighted by Crippen LogP contribution is 2.20. The molecule has 2 rings (SSSR count). The number of anilines is 1. The smallest absolute Gasteiger partial charge is 0.344 e. The van der Waals surface area contributed by atoms with Gasteiger partial charge in [-0.1, -0.05) is 11.6 Å². The number of carbonyl (C=O) groups is 2. The molecular weight excluding hydrogens is 384 g/mol. The number of halogens is 1. The number of carbonyl (C=O) groups excluding carboxylic acids is 2. The molecule has 0 saturated carbocycles. The lowest BCUT2D eigenvalue weighted by Crippen LogP contribution is -2.31. The first-order valence-corrected chi connectivity index (χ1v) is 8.86. The molecule has 8 heteroatoms. The van der Waals surface area contributed by atoms with E-state index in [9.17, 15) is 9.59 Å². The Morgan fingerprint density at radius 1 is 1.14 bits per heavy atom. The predicted molar refractivity (Wildman–Crippen MR) is 103 cm³/mol. The molecule has 0 bridgehead atoms. The third-order valence-electron chi connectivity index (χ3n) is 3.53. The maximum absolute atomic E-state index is 12.1. The van der Waals surface area contributed by atoms with Crippen LogP contribution in [-0.2, 0) is 14.3 Å². The summed E-state index contributed by atoms with van der Waals surface area (Å²) in [6.45, 7) is 3.54. The fourth-order valence-electron chi connectivity index (χ4n) is 2.15. The molecule has 0 aliphatic rings. The Labute approximate surface area is 167 Å². The number of esters is 1. The topological polar surface area (TPSA) is 97.7 Å². The van der Waals surface area contributed by atoms with Gasteiger partial charge < -0.3 is 19.5 Å². The van der Waals surface area contributed by atoms with Crippen LogP contribution >= 0.6 is 11.6 Å². The van der Waals surface area contributed by atoms with Crippen LogP contribution in [0.1, 0.15) is 19.4 Å². The van der Waals surface area contributed by atoms with Crippen molar-refractivity contribution in [1.29, 1.82) is 5.26 Å². The van der Waals surface area contributed by atoms with Crippen molar-refractivity contribution in [3.8, 4) is 17.6 Å². The third-order valence-corrected chi connectivity index (χ3v) is 3.84. The molecule has 28 heavy (non-hydrogen) atoms. The van der Waals surface area contributed by atoms with Gasteiger partial charge in [0.1, 0.15) is 17.6 Å². The molecule has 0 fully saturated rings. The number of benzene rings is 2. The monoisotopic (exact) mass is 402 g/mol. The molecule has 0 saturated heterocycles. The molecular formula is C20H19ClN2O5. The van der Waals surface area contributed by atoms with Crippen LogP contribution in [0.15, 0.2) is 42.5 Å². The van der Waals surface area contributed by atoms with Crippen LogP contribution < -0.4 is 14.8 Å². The van der Waals surface area contributed by atoms with E-state index in [1.54, 1.807) is 24.3 Å². The lowest BCUT2D eigenvalue weighted by atomic mass is 10.2. The summed E-state index contributed by atoms with van der Waals surface area (Å²) in [7, 11) is 0. The molecule has 0 aliphatic carbocycles. The van der Waals surface area contributed by atoms with Gasteiger partial charge in [-0.3, -0.25) is 4.79 Å². The molecule has 0 aliphatic heterocycles. The van der Waals surface area contributed by atoms with Crippen LogP contribution in [0, 0.1) is 11.3 Å². The Kier molecular flexibility index (Phi) is 7.66. The van der Waals surface area contributed by atoms with E-state index in [-0.39, 0.29) is 11.6 Å². The number of hydrogen-bond acceptors (Lipinski definition) is 6. The van der Waals surface area contributed by atoms with Gasteiger partial charge in [-0.05, 0) is 56.3 Å². The van der Waals surface area contributed by atoms with Crippen LogP contribution in [0.3, 0.4) is 0 Å². The minimum atomic E-state index is -1.04. The standard InChI is InChI=1S/C20H19ClN2O5/c1-3-26-16-6-8-17(9-7-16)27-12-19(24)28-13(2)20(25)23-15-5-4-14(11-22)18(21)10-15/h4-10,13H,3,12H2,1-2H3,(H,23,25)/t13-/m1/s1. The van der Waals surface area contributed by atoms with Gasteiger partial charge in [0.15, 0.2) is 12.7 Å². The Hall–Kier alpha value is -3.24. The van der Waals surface area contributed by atoms with Crippen LogP contribution in [0.2, 0.25) is 5.02 Å². The average Bonchev–Trinajstić information content (AvgIpc) is 2.68. The van der Waals surface area contributed by atoms with Gasteiger partial charge in [0.2, 0.25) is 0 Å². The number of amides is 1. The summed E-state index contributed by atoms with van der Waals surface area (Å²) < 4.78 is 15.7. The number of rotatable bonds is 8. The van der Waals surface area contributed by atoms with E-state index >= 15 is 0 Å². The van der Waals surface area contributed by atoms with Crippen LogP contribution in [0.25, 0.3) is 0 Å². The molecule has 0 radical (unpaired) electrons. The molecule has 7 nitrogen and oxygen atoms in total. The second kappa shape index (κ2) is 10.2. The molecule has 2 aromatic rings. The fourth-order valence-corrected chi connectivity index (χ4v) is 2.38. The van der Waals surface area contributed by atoms with Gasteiger partial charge >= 0.3 is 5.97 Å². The Morgan fingerprint density at radius 3 is 2.36 bits per heavy atom. The minimum absolute atomic E-state index is 0.216. The van der Waals surface area contributed by atoms with Gasteiger partial charge in [0.05, 0.1) is 17.2 Å². The van der Waals surface area contributed by atoms with Crippen LogP contribution in [-0.4, -0.2) is 31.2 Å². The van der Waals surface area contributed by atoms with E-state index in [4.69, 9.17) is 31.1 Å². The summed E-state index contributed by atoms with van der Waals surface area (Å²) in [5, 5.41) is 11.6. The van der Waals surface area contributed by atoms with Crippen molar-refractivity contribution >= 4 is 29.2 Å². The number of hydrogen-bond donors (Lipinski definition) is 1. The van der Waals surface area contributed by atoms with Crippen molar-refractivity contribution in [3.63, 3.8) is 0 Å². The van der Waals surface area contributed by atoms with Gasteiger partial charge in [0.25, 0.3) is 5.91 Å². The minimum Gasteiger partial charge on any atom is -0.494 e. The van der Waals surface area contributed by atoms with Gasteiger partial charge in [-0.2, -0.15) is 5.26 Å². The molecule has 0 unspecified atom stereocenters. The largest absolute Gasteiger partial charge is 0.494 e. The lowest BCUT2D eigenvalue weighted by Gasteiger charge is -2.14. The molecule has 2 aromatic carbocycles. The molecule has 1 atom stereocenters. The summed E-state index contributed by atoms with van der Waals surface area (Å²) in [5.41, 5.74) is 0.688. The summed E-state index contributed by atoms with van der Waals surface area (Å²) in [4.78, 5) is 24.0. The highest BCUT2D eigenvalue weighted by atomic mass is 35.5. The first-order chi connectivity index (χ1) is 13.4. The number of nitriles is 1. The second-order valence-corrected chi connectivity index (χ2v) is 6.03. The molecule has 0 spiro atoms. The summed E-state index contributed by atoms with van der Waals surface area (Å²) >= 11 is 5.92. The Bertz CT molecular complexity index is 877. The van der Waals surface area contributed by atoms with Crippen LogP contribution in [0.5, 0.6) is 11.5 Å². The maximum Gasteiger partial charge on any atom is 0.344 e. The van der Waals surface area contributed by atoms with Crippen molar-refractivity contribution < 1.29 is 23.8 Å². The number of nitrogens with zero attached hydrogens (tertiary/aromatic N) is 1. The van der Waals surface area contributed by atoms with E-state index < -0.39 is 18.0 Å². The van der Waals surface area contributed by atoms with Crippen molar-refractivity contribution in [2.45, 2.75) is 20.0 Å². The van der Waals surface area contributed by atoms with Gasteiger partial charge in [-0.15, -0.1) is 0 Å². The van der Waals surface area contributed by atoms with E-state index in [0.29, 0.717) is 29.4 Å².